The maximum absolute atomic E-state index is 11.5. The molecule has 1 amide bonds. The second kappa shape index (κ2) is 6.50. The van der Waals surface area contributed by atoms with Gasteiger partial charge in [0.05, 0.1) is 18.8 Å². The van der Waals surface area contributed by atoms with Crippen molar-refractivity contribution in [1.82, 2.24) is 15.3 Å². The van der Waals surface area contributed by atoms with Gasteiger partial charge >= 0.3 is 11.9 Å². The number of rotatable bonds is 7. The Balaban J connectivity index is 2.61. The van der Waals surface area contributed by atoms with Crippen LogP contribution in [0.25, 0.3) is 0 Å². The zero-order valence-electron chi connectivity index (χ0n) is 9.87. The van der Waals surface area contributed by atoms with Gasteiger partial charge in [0.2, 0.25) is 5.91 Å². The van der Waals surface area contributed by atoms with Crippen molar-refractivity contribution in [3.05, 3.63) is 18.2 Å². The number of nitrogens with one attached hydrogen (secondary N) is 2. The summed E-state index contributed by atoms with van der Waals surface area (Å²) in [7, 11) is 0. The average molecular weight is 270 g/mol. The van der Waals surface area contributed by atoms with Crippen molar-refractivity contribution < 1.29 is 24.6 Å². The van der Waals surface area contributed by atoms with E-state index < -0.39 is 36.4 Å². The number of imidazole rings is 1. The molecule has 1 aromatic heterocycles. The molecule has 0 aliphatic heterocycles. The lowest BCUT2D eigenvalue weighted by Crippen LogP contribution is -2.49. The zero-order valence-corrected chi connectivity index (χ0v) is 9.87. The summed E-state index contributed by atoms with van der Waals surface area (Å²) in [4.78, 5) is 39.4. The van der Waals surface area contributed by atoms with Crippen LogP contribution in [0.5, 0.6) is 0 Å². The number of carbonyl (C=O) groups is 3. The fourth-order valence-electron chi connectivity index (χ4n) is 1.38. The summed E-state index contributed by atoms with van der Waals surface area (Å²) in [6, 6.07) is -2.49. The summed E-state index contributed by atoms with van der Waals surface area (Å²) in [5.41, 5.74) is 5.86. The van der Waals surface area contributed by atoms with Gasteiger partial charge in [-0.1, -0.05) is 0 Å². The molecule has 104 valence electrons. The quantitative estimate of drug-likeness (QED) is 0.396. The van der Waals surface area contributed by atoms with Crippen LogP contribution in [0, 0.1) is 0 Å². The van der Waals surface area contributed by atoms with Crippen LogP contribution in [0.3, 0.4) is 0 Å². The largest absolute Gasteiger partial charge is 0.481 e. The van der Waals surface area contributed by atoms with Gasteiger partial charge in [-0.05, 0) is 0 Å². The highest BCUT2D eigenvalue weighted by Gasteiger charge is 2.25. The third-order valence-corrected chi connectivity index (χ3v) is 2.32. The molecule has 9 nitrogen and oxygen atoms in total. The lowest BCUT2D eigenvalue weighted by molar-refractivity contribution is -0.142. The van der Waals surface area contributed by atoms with Crippen LogP contribution < -0.4 is 11.1 Å². The van der Waals surface area contributed by atoms with E-state index in [0.717, 1.165) is 0 Å². The molecule has 0 fully saturated rings. The Morgan fingerprint density at radius 3 is 2.58 bits per heavy atom. The van der Waals surface area contributed by atoms with Crippen molar-refractivity contribution >= 4 is 17.8 Å². The first-order chi connectivity index (χ1) is 8.90. The second-order valence-corrected chi connectivity index (χ2v) is 3.88. The van der Waals surface area contributed by atoms with Gasteiger partial charge in [-0.3, -0.25) is 9.59 Å². The number of aromatic amines is 1. The monoisotopic (exact) mass is 270 g/mol. The number of aromatic nitrogens is 2. The first-order valence-electron chi connectivity index (χ1n) is 5.38. The number of aliphatic carboxylic acids is 2. The maximum Gasteiger partial charge on any atom is 0.326 e. The molecule has 1 heterocycles. The van der Waals surface area contributed by atoms with Crippen LogP contribution in [0.4, 0.5) is 0 Å². The van der Waals surface area contributed by atoms with E-state index in [-0.39, 0.29) is 6.42 Å². The predicted molar refractivity (Wildman–Crippen MR) is 62.1 cm³/mol. The Labute approximate surface area is 107 Å². The fraction of sp³-hybridized carbons (Fsp3) is 0.400. The number of hydrogen-bond acceptors (Lipinski definition) is 5. The lowest BCUT2D eigenvalue weighted by atomic mass is 10.1. The Morgan fingerprint density at radius 1 is 1.42 bits per heavy atom. The van der Waals surface area contributed by atoms with Gasteiger partial charge in [-0.15, -0.1) is 0 Å². The van der Waals surface area contributed by atoms with Crippen molar-refractivity contribution in [3.8, 4) is 0 Å². The number of hydrogen-bond donors (Lipinski definition) is 5. The Morgan fingerprint density at radius 2 is 2.11 bits per heavy atom. The smallest absolute Gasteiger partial charge is 0.326 e. The third kappa shape index (κ3) is 4.76. The van der Waals surface area contributed by atoms with Crippen LogP contribution in [0.15, 0.2) is 12.5 Å². The highest BCUT2D eigenvalue weighted by molar-refractivity contribution is 5.89. The standard InChI is InChI=1S/C10H14N4O5/c11-6(2-8(15)16)9(17)14-7(10(18)19)1-5-3-12-4-13-5/h3-4,6-7H,1-2,11H2,(H,12,13)(H,14,17)(H,15,16)(H,18,19)/t6?,7-/m0/s1. The van der Waals surface area contributed by atoms with Crippen LogP contribution in [-0.2, 0) is 20.8 Å². The molecule has 0 bridgehead atoms. The number of amides is 1. The average Bonchev–Trinajstić information content (AvgIpc) is 2.79. The van der Waals surface area contributed by atoms with Gasteiger partial charge in [-0.25, -0.2) is 9.78 Å². The molecule has 1 rings (SSSR count). The molecule has 0 saturated carbocycles. The Hall–Kier alpha value is -2.42. The van der Waals surface area contributed by atoms with Gasteiger partial charge < -0.3 is 26.2 Å². The summed E-state index contributed by atoms with van der Waals surface area (Å²) in [6.45, 7) is 0. The summed E-state index contributed by atoms with van der Waals surface area (Å²) >= 11 is 0. The number of carbonyl (C=O) groups excluding carboxylic acids is 1. The van der Waals surface area contributed by atoms with Crippen LogP contribution in [-0.4, -0.2) is 50.1 Å². The van der Waals surface area contributed by atoms with Crippen LogP contribution in [0.1, 0.15) is 12.1 Å². The highest BCUT2D eigenvalue weighted by Crippen LogP contribution is 2.00. The Bertz CT molecular complexity index is 458. The van der Waals surface area contributed by atoms with E-state index in [1.807, 2.05) is 0 Å². The first kappa shape index (κ1) is 14.6. The number of nitrogens with zero attached hydrogens (tertiary/aromatic N) is 1. The van der Waals surface area contributed by atoms with E-state index in [2.05, 4.69) is 15.3 Å². The molecule has 9 heteroatoms. The van der Waals surface area contributed by atoms with Crippen LogP contribution >= 0.6 is 0 Å². The molecule has 0 saturated heterocycles. The number of H-pyrrole nitrogens is 1. The third-order valence-electron chi connectivity index (χ3n) is 2.32. The molecule has 0 spiro atoms. The minimum atomic E-state index is -1.29. The maximum atomic E-state index is 11.5. The summed E-state index contributed by atoms with van der Waals surface area (Å²) < 4.78 is 0. The van der Waals surface area contributed by atoms with E-state index in [4.69, 9.17) is 15.9 Å². The van der Waals surface area contributed by atoms with Crippen molar-refractivity contribution in [2.24, 2.45) is 5.73 Å². The molecule has 0 radical (unpaired) electrons. The van der Waals surface area contributed by atoms with Crippen molar-refractivity contribution in [2.45, 2.75) is 24.9 Å². The summed E-state index contributed by atoms with van der Waals surface area (Å²) in [6.07, 6.45) is 2.24. The first-order valence-corrected chi connectivity index (χ1v) is 5.38. The van der Waals surface area contributed by atoms with Crippen LogP contribution in [0.2, 0.25) is 0 Å². The lowest BCUT2D eigenvalue weighted by Gasteiger charge is -2.16. The van der Waals surface area contributed by atoms with E-state index in [1.54, 1.807) is 0 Å². The summed E-state index contributed by atoms with van der Waals surface area (Å²) in [5, 5.41) is 19.7. The molecule has 19 heavy (non-hydrogen) atoms. The van der Waals surface area contributed by atoms with Crippen molar-refractivity contribution in [1.29, 1.82) is 0 Å². The fourth-order valence-corrected chi connectivity index (χ4v) is 1.38. The molecule has 6 N–H and O–H groups in total. The van der Waals surface area contributed by atoms with Gasteiger partial charge in [0, 0.05) is 18.3 Å². The molecule has 2 atom stereocenters. The minimum Gasteiger partial charge on any atom is -0.481 e. The zero-order chi connectivity index (χ0) is 14.4. The second-order valence-electron chi connectivity index (χ2n) is 3.88. The summed E-state index contributed by atoms with van der Waals surface area (Å²) in [5.74, 6) is -3.30. The van der Waals surface area contributed by atoms with Gasteiger partial charge in [0.25, 0.3) is 0 Å². The molecule has 1 unspecified atom stereocenters. The Kier molecular flexibility index (Phi) is 5.01. The number of carboxylic acids is 2. The van der Waals surface area contributed by atoms with Gasteiger partial charge in [0.1, 0.15) is 6.04 Å². The normalized spacial score (nSPS) is 13.5. The van der Waals surface area contributed by atoms with Crippen molar-refractivity contribution in [2.75, 3.05) is 0 Å². The topological polar surface area (TPSA) is 158 Å². The SMILES string of the molecule is NC(CC(=O)O)C(=O)N[C@@H](Cc1cnc[nH]1)C(=O)O. The van der Waals surface area contributed by atoms with E-state index >= 15 is 0 Å². The molecular formula is C10H14N4O5. The molecule has 1 aromatic rings. The number of carboxylic acid groups (broad SMARTS) is 2. The van der Waals surface area contributed by atoms with Gasteiger partial charge in [-0.2, -0.15) is 0 Å². The predicted octanol–water partition coefficient (Wildman–Crippen LogP) is -1.68. The van der Waals surface area contributed by atoms with E-state index in [9.17, 15) is 14.4 Å². The number of nitrogens with two attached hydrogens (primary N) is 1. The molecule has 0 aliphatic rings. The van der Waals surface area contributed by atoms with E-state index in [1.165, 1.54) is 12.5 Å². The molecular weight excluding hydrogens is 256 g/mol. The van der Waals surface area contributed by atoms with Gasteiger partial charge in [0.15, 0.2) is 0 Å². The minimum absolute atomic E-state index is 0.000858. The highest BCUT2D eigenvalue weighted by atomic mass is 16.4. The van der Waals surface area contributed by atoms with E-state index in [0.29, 0.717) is 5.69 Å². The molecule has 0 aliphatic carbocycles. The molecule has 0 aromatic carbocycles. The van der Waals surface area contributed by atoms with Crippen molar-refractivity contribution in [3.63, 3.8) is 0 Å².